The van der Waals surface area contributed by atoms with Gasteiger partial charge in [-0.25, -0.2) is 4.79 Å². The molecule has 0 heterocycles. The minimum Gasteiger partial charge on any atom is -0.505 e. The number of carboxylic acid groups (broad SMARTS) is 1. The SMILES string of the molecule is C/C(O)=C(\[N+]#N)C(=O)O. The molecule has 0 saturated carbocycles. The molecule has 0 aromatic heterocycles. The second-order valence-corrected chi connectivity index (χ2v) is 1.34. The Labute approximate surface area is 50.9 Å². The molecule has 0 unspecified atom stereocenters. The summed E-state index contributed by atoms with van der Waals surface area (Å²) in [5, 5.41) is 24.4. The molecular weight excluding hydrogens is 124 g/mol. The monoisotopic (exact) mass is 129 g/mol. The molecule has 0 saturated heterocycles. The fraction of sp³-hybridized carbons (Fsp3) is 0.250. The van der Waals surface area contributed by atoms with Gasteiger partial charge >= 0.3 is 11.7 Å². The van der Waals surface area contributed by atoms with Crippen molar-refractivity contribution in [2.24, 2.45) is 0 Å². The van der Waals surface area contributed by atoms with E-state index < -0.39 is 17.4 Å². The topological polar surface area (TPSA) is 85.7 Å². The number of carbonyl (C=O) groups is 1. The molecule has 0 radical (unpaired) electrons. The molecule has 0 amide bonds. The van der Waals surface area contributed by atoms with E-state index in [4.69, 9.17) is 15.6 Å². The standard InChI is InChI=1S/C4H4N2O3/c1-2(7)3(6-5)4(8)9/h1H3,(H-,7,8,9)/p+1/b3-2+. The quantitative estimate of drug-likeness (QED) is 0.310. The van der Waals surface area contributed by atoms with E-state index in [0.717, 1.165) is 6.92 Å². The Morgan fingerprint density at radius 2 is 2.00 bits per heavy atom. The van der Waals surface area contributed by atoms with Gasteiger partial charge in [0, 0.05) is 6.92 Å². The Morgan fingerprint density at radius 3 is 2.00 bits per heavy atom. The highest BCUT2D eigenvalue weighted by Gasteiger charge is 2.24. The Hall–Kier alpha value is -1.57. The molecule has 5 heteroatoms. The highest BCUT2D eigenvalue weighted by atomic mass is 16.4. The van der Waals surface area contributed by atoms with Gasteiger partial charge in [-0.2, -0.15) is 0 Å². The van der Waals surface area contributed by atoms with Crippen LogP contribution in [0.3, 0.4) is 0 Å². The van der Waals surface area contributed by atoms with Crippen LogP contribution in [-0.2, 0) is 4.79 Å². The van der Waals surface area contributed by atoms with E-state index in [1.165, 1.54) is 0 Å². The molecule has 2 N–H and O–H groups in total. The smallest absolute Gasteiger partial charge is 0.504 e. The number of hydrogen-bond donors (Lipinski definition) is 2. The number of rotatable bonds is 1. The van der Waals surface area contributed by atoms with Crippen molar-refractivity contribution in [3.8, 4) is 0 Å². The third kappa shape index (κ3) is 1.78. The van der Waals surface area contributed by atoms with Gasteiger partial charge in [0.15, 0.2) is 10.7 Å². The van der Waals surface area contributed by atoms with Gasteiger partial charge in [0.2, 0.25) is 5.39 Å². The Morgan fingerprint density at radius 1 is 1.56 bits per heavy atom. The predicted octanol–water partition coefficient (Wildman–Crippen LogP) is 0.714. The van der Waals surface area contributed by atoms with Gasteiger partial charge < -0.3 is 10.2 Å². The zero-order valence-electron chi connectivity index (χ0n) is 4.70. The summed E-state index contributed by atoms with van der Waals surface area (Å²) in [7, 11) is 0. The van der Waals surface area contributed by atoms with Gasteiger partial charge in [-0.3, -0.25) is 0 Å². The Bertz CT molecular complexity index is 196. The number of aliphatic hydroxyl groups excluding tert-OH is 1. The van der Waals surface area contributed by atoms with Gasteiger partial charge in [0.1, 0.15) is 0 Å². The Kier molecular flexibility index (Phi) is 2.20. The molecular formula is C4H5N2O3+. The first kappa shape index (κ1) is 7.43. The largest absolute Gasteiger partial charge is 0.505 e. The van der Waals surface area contributed by atoms with E-state index in [0.29, 0.717) is 0 Å². The lowest BCUT2D eigenvalue weighted by molar-refractivity contribution is -0.132. The number of nitrogens with zero attached hydrogens (tertiary/aromatic N) is 2. The molecule has 9 heavy (non-hydrogen) atoms. The van der Waals surface area contributed by atoms with Crippen molar-refractivity contribution in [3.05, 3.63) is 16.4 Å². The van der Waals surface area contributed by atoms with Gasteiger partial charge in [-0.05, 0) is 0 Å². The average Bonchev–Trinajstić information content (AvgIpc) is 1.64. The highest BCUT2D eigenvalue weighted by Crippen LogP contribution is 2.00. The van der Waals surface area contributed by atoms with Crippen molar-refractivity contribution in [2.75, 3.05) is 0 Å². The van der Waals surface area contributed by atoms with Crippen molar-refractivity contribution in [1.29, 1.82) is 5.39 Å². The third-order valence-electron chi connectivity index (χ3n) is 0.645. The normalized spacial score (nSPS) is 11.6. The summed E-state index contributed by atoms with van der Waals surface area (Å²) in [6.07, 6.45) is 0. The molecule has 48 valence electrons. The van der Waals surface area contributed by atoms with Crippen molar-refractivity contribution >= 4 is 5.97 Å². The second-order valence-electron chi connectivity index (χ2n) is 1.34. The van der Waals surface area contributed by atoms with Crippen molar-refractivity contribution in [1.82, 2.24) is 0 Å². The van der Waals surface area contributed by atoms with E-state index in [-0.39, 0.29) is 0 Å². The number of aliphatic carboxylic acids is 1. The first-order chi connectivity index (χ1) is 4.09. The first-order valence-corrected chi connectivity index (χ1v) is 2.07. The summed E-state index contributed by atoms with van der Waals surface area (Å²) < 4.78 is 0. The van der Waals surface area contributed by atoms with E-state index >= 15 is 0 Å². The van der Waals surface area contributed by atoms with Crippen LogP contribution in [0, 0.1) is 5.39 Å². The molecule has 0 aromatic carbocycles. The molecule has 0 aliphatic rings. The van der Waals surface area contributed by atoms with Gasteiger partial charge in [0.25, 0.3) is 0 Å². The van der Waals surface area contributed by atoms with Crippen LogP contribution in [0.1, 0.15) is 6.92 Å². The maximum atomic E-state index is 9.90. The lowest BCUT2D eigenvalue weighted by Gasteiger charge is -1.77. The van der Waals surface area contributed by atoms with Gasteiger partial charge in [-0.1, -0.05) is 0 Å². The maximum Gasteiger partial charge on any atom is 0.504 e. The zero-order chi connectivity index (χ0) is 7.44. The molecule has 0 rings (SSSR count). The van der Waals surface area contributed by atoms with Crippen LogP contribution in [0.2, 0.25) is 0 Å². The molecule has 0 aliphatic heterocycles. The second kappa shape index (κ2) is 2.67. The number of allylic oxidation sites excluding steroid dienone is 1. The van der Waals surface area contributed by atoms with E-state index in [1.807, 2.05) is 0 Å². The first-order valence-electron chi connectivity index (χ1n) is 2.07. The number of carboxylic acids is 1. The molecule has 0 fully saturated rings. The number of aliphatic hydroxyl groups is 1. The molecule has 0 aromatic rings. The van der Waals surface area contributed by atoms with Crippen LogP contribution in [0.4, 0.5) is 0 Å². The van der Waals surface area contributed by atoms with Crippen LogP contribution >= 0.6 is 0 Å². The lowest BCUT2D eigenvalue weighted by Crippen LogP contribution is -1.98. The van der Waals surface area contributed by atoms with Crippen LogP contribution in [0.5, 0.6) is 0 Å². The van der Waals surface area contributed by atoms with E-state index in [9.17, 15) is 4.79 Å². The van der Waals surface area contributed by atoms with Gasteiger partial charge in [-0.15, -0.1) is 0 Å². The molecule has 5 nitrogen and oxygen atoms in total. The minimum atomic E-state index is -1.46. The summed E-state index contributed by atoms with van der Waals surface area (Å²) in [5.74, 6) is -1.98. The fourth-order valence-electron chi connectivity index (χ4n) is 0.270. The maximum absolute atomic E-state index is 9.90. The number of diazo groups is 1. The van der Waals surface area contributed by atoms with E-state index in [1.54, 1.807) is 0 Å². The molecule has 0 aliphatic carbocycles. The predicted molar refractivity (Wildman–Crippen MR) is 28.0 cm³/mol. The fourth-order valence-corrected chi connectivity index (χ4v) is 0.270. The van der Waals surface area contributed by atoms with Crippen molar-refractivity contribution in [2.45, 2.75) is 6.92 Å². The van der Waals surface area contributed by atoms with Crippen LogP contribution in [-0.4, -0.2) is 16.2 Å². The highest BCUT2D eigenvalue weighted by molar-refractivity contribution is 5.88. The van der Waals surface area contributed by atoms with Crippen molar-refractivity contribution in [3.63, 3.8) is 0 Å². The van der Waals surface area contributed by atoms with Crippen molar-refractivity contribution < 1.29 is 15.0 Å². The summed E-state index contributed by atoms with van der Waals surface area (Å²) >= 11 is 0. The summed E-state index contributed by atoms with van der Waals surface area (Å²) in [5.41, 5.74) is -0.741. The number of hydrogen-bond acceptors (Lipinski definition) is 3. The molecule has 0 spiro atoms. The van der Waals surface area contributed by atoms with E-state index in [2.05, 4.69) is 4.98 Å². The zero-order valence-corrected chi connectivity index (χ0v) is 4.70. The third-order valence-corrected chi connectivity index (χ3v) is 0.645. The van der Waals surface area contributed by atoms with Crippen LogP contribution < -0.4 is 0 Å². The molecule has 0 atom stereocenters. The average molecular weight is 129 g/mol. The summed E-state index contributed by atoms with van der Waals surface area (Å²) in [6, 6.07) is 0. The van der Waals surface area contributed by atoms with Crippen LogP contribution in [0.15, 0.2) is 11.5 Å². The summed E-state index contributed by atoms with van der Waals surface area (Å²) in [6.45, 7) is 1.11. The van der Waals surface area contributed by atoms with Gasteiger partial charge in [0.05, 0.1) is 0 Å². The molecule has 0 bridgehead atoms. The lowest BCUT2D eigenvalue weighted by atomic mass is 10.4. The minimum absolute atomic E-state index is 0.523. The summed E-state index contributed by atoms with van der Waals surface area (Å²) in [4.78, 5) is 12.2. The van der Waals surface area contributed by atoms with Crippen LogP contribution in [0.25, 0.3) is 4.98 Å². The Balaban J connectivity index is 4.62.